The molecule has 0 unspecified atom stereocenters. The van der Waals surface area contributed by atoms with Crippen molar-refractivity contribution in [1.29, 1.82) is 0 Å². The van der Waals surface area contributed by atoms with Crippen molar-refractivity contribution >= 4 is 29.2 Å². The van der Waals surface area contributed by atoms with E-state index in [4.69, 9.17) is 21.3 Å². The van der Waals surface area contributed by atoms with Crippen molar-refractivity contribution in [2.24, 2.45) is 16.5 Å². The average Bonchev–Trinajstić information content (AvgIpc) is 3.09. The number of nitrogens with one attached hydrogen (secondary N) is 2. The summed E-state index contributed by atoms with van der Waals surface area (Å²) < 4.78 is 7.06. The first-order valence-electron chi connectivity index (χ1n) is 9.35. The van der Waals surface area contributed by atoms with Crippen LogP contribution in [-0.4, -0.2) is 57.3 Å². The number of amides is 1. The number of hydrogen-bond acceptors (Lipinski definition) is 6. The van der Waals surface area contributed by atoms with Crippen molar-refractivity contribution in [3.63, 3.8) is 0 Å². The number of nitrogens with zero attached hydrogens (tertiary/aromatic N) is 4. The summed E-state index contributed by atoms with van der Waals surface area (Å²) in [6, 6.07) is -1.04. The Hall–Kier alpha value is -3.44. The number of aryl methyl sites for hydroxylation is 1. The number of aromatic amines is 1. The summed E-state index contributed by atoms with van der Waals surface area (Å²) in [6.07, 6.45) is 7.35. The maximum atomic E-state index is 11.8. The maximum Gasteiger partial charge on any atom is 0.407 e. The molecule has 12 nitrogen and oxygen atoms in total. The molecule has 0 aromatic carbocycles. The average molecular weight is 407 g/mol. The molecule has 0 saturated heterocycles. The van der Waals surface area contributed by atoms with Gasteiger partial charge in [0.15, 0.2) is 24.1 Å². The molecule has 29 heavy (non-hydrogen) atoms. The summed E-state index contributed by atoms with van der Waals surface area (Å²) in [7, 11) is 0. The van der Waals surface area contributed by atoms with Gasteiger partial charge in [0.2, 0.25) is 0 Å². The van der Waals surface area contributed by atoms with Crippen LogP contribution in [0.4, 0.5) is 4.79 Å². The fourth-order valence-corrected chi connectivity index (χ4v) is 2.70. The van der Waals surface area contributed by atoms with Crippen molar-refractivity contribution in [2.75, 3.05) is 13.2 Å². The van der Waals surface area contributed by atoms with Gasteiger partial charge in [-0.25, -0.2) is 19.1 Å². The molecule has 2 aromatic heterocycles. The number of alkyl carbamates (subject to hydrolysis) is 1. The van der Waals surface area contributed by atoms with Gasteiger partial charge in [0.1, 0.15) is 6.04 Å². The van der Waals surface area contributed by atoms with E-state index in [1.807, 2.05) is 10.9 Å². The SMILES string of the molecule is NC(N)=NCCC[C@@H](NC(=O)OCCCCC[n+]1c[nH]c2cncnc21)C(=O)O. The molecule has 158 valence electrons. The van der Waals surface area contributed by atoms with Crippen LogP contribution < -0.4 is 21.4 Å². The highest BCUT2D eigenvalue weighted by Crippen LogP contribution is 2.03. The van der Waals surface area contributed by atoms with Crippen LogP contribution in [0.5, 0.6) is 0 Å². The number of rotatable bonds is 12. The van der Waals surface area contributed by atoms with Crippen LogP contribution in [0, 0.1) is 0 Å². The third kappa shape index (κ3) is 7.60. The number of aromatic nitrogens is 4. The Morgan fingerprint density at radius 1 is 1.31 bits per heavy atom. The molecule has 0 aliphatic rings. The molecule has 0 saturated carbocycles. The topological polar surface area (TPSA) is 185 Å². The Morgan fingerprint density at radius 2 is 2.14 bits per heavy atom. The number of hydrogen-bond donors (Lipinski definition) is 5. The second-order valence-corrected chi connectivity index (χ2v) is 6.41. The van der Waals surface area contributed by atoms with Gasteiger partial charge in [-0.2, -0.15) is 0 Å². The molecule has 1 atom stereocenters. The van der Waals surface area contributed by atoms with Crippen molar-refractivity contribution in [3.05, 3.63) is 18.9 Å². The molecule has 7 N–H and O–H groups in total. The van der Waals surface area contributed by atoms with E-state index in [0.29, 0.717) is 19.4 Å². The van der Waals surface area contributed by atoms with Crippen LogP contribution in [0.1, 0.15) is 32.1 Å². The van der Waals surface area contributed by atoms with E-state index in [9.17, 15) is 9.59 Å². The molecular weight excluding hydrogens is 380 g/mol. The van der Waals surface area contributed by atoms with Gasteiger partial charge in [-0.05, 0) is 32.1 Å². The largest absolute Gasteiger partial charge is 0.480 e. The van der Waals surface area contributed by atoms with E-state index >= 15 is 0 Å². The smallest absolute Gasteiger partial charge is 0.407 e. The summed E-state index contributed by atoms with van der Waals surface area (Å²) >= 11 is 0. The Labute approximate surface area is 167 Å². The van der Waals surface area contributed by atoms with Crippen molar-refractivity contribution in [2.45, 2.75) is 44.7 Å². The molecule has 2 aromatic rings. The number of nitrogens with two attached hydrogens (primary N) is 2. The lowest BCUT2D eigenvalue weighted by molar-refractivity contribution is -0.673. The fourth-order valence-electron chi connectivity index (χ4n) is 2.70. The maximum absolute atomic E-state index is 11.8. The second kappa shape index (κ2) is 11.4. The normalized spacial score (nSPS) is 11.7. The van der Waals surface area contributed by atoms with Gasteiger partial charge >= 0.3 is 17.7 Å². The predicted octanol–water partition coefficient (Wildman–Crippen LogP) is -0.351. The molecule has 12 heteroatoms. The van der Waals surface area contributed by atoms with Gasteiger partial charge in [0.25, 0.3) is 0 Å². The zero-order valence-corrected chi connectivity index (χ0v) is 16.1. The van der Waals surface area contributed by atoms with Crippen molar-refractivity contribution in [3.8, 4) is 0 Å². The van der Waals surface area contributed by atoms with E-state index in [1.54, 1.807) is 6.20 Å². The number of carbonyl (C=O) groups excluding carboxylic acids is 1. The molecule has 0 radical (unpaired) electrons. The summed E-state index contributed by atoms with van der Waals surface area (Å²) in [6.45, 7) is 1.29. The zero-order chi connectivity index (χ0) is 21.1. The number of H-pyrrole nitrogens is 1. The molecule has 0 bridgehead atoms. The highest BCUT2D eigenvalue weighted by molar-refractivity contribution is 5.79. The quantitative estimate of drug-likeness (QED) is 0.137. The minimum atomic E-state index is -1.13. The number of guanidine groups is 1. The van der Waals surface area contributed by atoms with Gasteiger partial charge in [0.05, 0.1) is 19.3 Å². The number of ether oxygens (including phenoxy) is 1. The highest BCUT2D eigenvalue weighted by atomic mass is 16.5. The van der Waals surface area contributed by atoms with E-state index in [0.717, 1.165) is 30.6 Å². The van der Waals surface area contributed by atoms with E-state index in [2.05, 4.69) is 25.3 Å². The zero-order valence-electron chi connectivity index (χ0n) is 16.1. The first-order chi connectivity index (χ1) is 14.0. The minimum absolute atomic E-state index is 0.0550. The molecule has 0 spiro atoms. The Morgan fingerprint density at radius 3 is 2.90 bits per heavy atom. The number of carboxylic acid groups (broad SMARTS) is 1. The first-order valence-corrected chi connectivity index (χ1v) is 9.35. The minimum Gasteiger partial charge on any atom is -0.480 e. The number of imidazole rings is 1. The van der Waals surface area contributed by atoms with E-state index < -0.39 is 18.1 Å². The van der Waals surface area contributed by atoms with Gasteiger partial charge in [0, 0.05) is 6.54 Å². The Balaban J connectivity index is 1.60. The number of carbonyl (C=O) groups is 2. The van der Waals surface area contributed by atoms with Crippen molar-refractivity contribution in [1.82, 2.24) is 20.3 Å². The van der Waals surface area contributed by atoms with Crippen LogP contribution in [-0.2, 0) is 16.1 Å². The lowest BCUT2D eigenvalue weighted by atomic mass is 10.1. The fraction of sp³-hybridized carbons (Fsp3) is 0.529. The molecule has 0 aliphatic carbocycles. The number of fused-ring (bicyclic) bond motifs is 1. The summed E-state index contributed by atoms with van der Waals surface area (Å²) in [5, 5.41) is 11.5. The molecule has 1 amide bonds. The monoisotopic (exact) mass is 407 g/mol. The lowest BCUT2D eigenvalue weighted by Crippen LogP contribution is -2.41. The molecule has 0 aliphatic heterocycles. The van der Waals surface area contributed by atoms with E-state index in [1.165, 1.54) is 6.33 Å². The molecular formula is C17H27N8O4+. The van der Waals surface area contributed by atoms with Gasteiger partial charge < -0.3 is 26.6 Å². The van der Waals surface area contributed by atoms with Gasteiger partial charge in [-0.3, -0.25) is 9.98 Å². The summed E-state index contributed by atoms with van der Waals surface area (Å²) in [5.74, 6) is -1.19. The van der Waals surface area contributed by atoms with Crippen LogP contribution in [0.25, 0.3) is 11.2 Å². The standard InChI is InChI=1S/C17H26N8O4/c18-16(19)21-6-4-5-12(15(26)27)24-17(28)29-8-3-1-2-7-25-11-23-13-9-20-10-22-14(13)25/h9-12H,1-8H2,(H6,18,19,21,24,26,27,28)/p+1/t12-/m1/s1. The third-order valence-corrected chi connectivity index (χ3v) is 4.15. The molecule has 2 rings (SSSR count). The first kappa shape index (κ1) is 21.9. The summed E-state index contributed by atoms with van der Waals surface area (Å²) in [4.78, 5) is 38.1. The van der Waals surface area contributed by atoms with Gasteiger partial charge in [-0.15, -0.1) is 0 Å². The highest BCUT2D eigenvalue weighted by Gasteiger charge is 2.20. The lowest BCUT2D eigenvalue weighted by Gasteiger charge is -2.14. The summed E-state index contributed by atoms with van der Waals surface area (Å²) in [5.41, 5.74) is 12.1. The molecule has 0 fully saturated rings. The van der Waals surface area contributed by atoms with Crippen LogP contribution in [0.3, 0.4) is 0 Å². The number of carboxylic acids is 1. The number of aliphatic carboxylic acids is 1. The third-order valence-electron chi connectivity index (χ3n) is 4.15. The van der Waals surface area contributed by atoms with Crippen molar-refractivity contribution < 1.29 is 24.0 Å². The van der Waals surface area contributed by atoms with Crippen LogP contribution in [0.2, 0.25) is 0 Å². The second-order valence-electron chi connectivity index (χ2n) is 6.41. The Kier molecular flexibility index (Phi) is 8.60. The van der Waals surface area contributed by atoms with Gasteiger partial charge in [-0.1, -0.05) is 4.98 Å². The number of aliphatic imine (C=N–C) groups is 1. The number of unbranched alkanes of at least 4 members (excludes halogenated alkanes) is 2. The molecule has 2 heterocycles. The Bertz CT molecular complexity index is 834. The van der Waals surface area contributed by atoms with Crippen LogP contribution in [0.15, 0.2) is 23.8 Å². The van der Waals surface area contributed by atoms with Crippen LogP contribution >= 0.6 is 0 Å². The van der Waals surface area contributed by atoms with E-state index in [-0.39, 0.29) is 19.0 Å². The predicted molar refractivity (Wildman–Crippen MR) is 104 cm³/mol.